The van der Waals surface area contributed by atoms with Crippen LogP contribution in [0, 0.1) is 6.92 Å². The molecule has 1 heterocycles. The van der Waals surface area contributed by atoms with Gasteiger partial charge in [-0.1, -0.05) is 37.2 Å². The Labute approximate surface area is 124 Å². The number of benzene rings is 1. The molecule has 2 N–H and O–H groups in total. The predicted molar refractivity (Wildman–Crippen MR) is 81.7 cm³/mol. The van der Waals surface area contributed by atoms with Crippen molar-refractivity contribution in [2.45, 2.75) is 49.8 Å². The Morgan fingerprint density at radius 1 is 1.35 bits per heavy atom. The van der Waals surface area contributed by atoms with Crippen molar-refractivity contribution in [1.29, 1.82) is 0 Å². The fourth-order valence-corrected chi connectivity index (χ4v) is 2.78. The predicted octanol–water partition coefficient (Wildman–Crippen LogP) is 3.51. The monoisotopic (exact) mass is 291 g/mol. The van der Waals surface area contributed by atoms with Crippen LogP contribution in [0.5, 0.6) is 0 Å². The summed E-state index contributed by atoms with van der Waals surface area (Å²) in [6.07, 6.45) is 0.900. The van der Waals surface area contributed by atoms with Gasteiger partial charge in [-0.15, -0.1) is 11.8 Å². The number of rotatable bonds is 6. The summed E-state index contributed by atoms with van der Waals surface area (Å²) in [4.78, 5) is 5.69. The van der Waals surface area contributed by atoms with E-state index >= 15 is 0 Å². The van der Waals surface area contributed by atoms with Gasteiger partial charge in [-0.25, -0.2) is 0 Å². The van der Waals surface area contributed by atoms with Crippen molar-refractivity contribution in [3.8, 4) is 0 Å². The average Bonchev–Trinajstić information content (AvgIpc) is 2.93. The number of thioether (sulfide) groups is 1. The number of hydrogen-bond acceptors (Lipinski definition) is 5. The van der Waals surface area contributed by atoms with Crippen molar-refractivity contribution in [2.24, 2.45) is 5.73 Å². The first-order valence-corrected chi connectivity index (χ1v) is 7.86. The van der Waals surface area contributed by atoms with Crippen LogP contribution in [-0.4, -0.2) is 16.2 Å². The van der Waals surface area contributed by atoms with Gasteiger partial charge in [0, 0.05) is 10.9 Å². The van der Waals surface area contributed by atoms with Crippen molar-refractivity contribution >= 4 is 11.8 Å². The summed E-state index contributed by atoms with van der Waals surface area (Å²) < 4.78 is 5.31. The lowest BCUT2D eigenvalue weighted by atomic mass is 10.0. The van der Waals surface area contributed by atoms with Gasteiger partial charge >= 0.3 is 0 Å². The number of aryl methyl sites for hydroxylation is 1. The van der Waals surface area contributed by atoms with Crippen molar-refractivity contribution in [2.75, 3.05) is 0 Å². The zero-order chi connectivity index (χ0) is 14.5. The van der Waals surface area contributed by atoms with Crippen LogP contribution in [-0.2, 0) is 5.75 Å². The van der Waals surface area contributed by atoms with Gasteiger partial charge in [0.15, 0.2) is 5.82 Å². The Hall–Kier alpha value is -1.33. The molecule has 2 atom stereocenters. The molecule has 0 aliphatic rings. The largest absolute Gasteiger partial charge is 0.339 e. The third kappa shape index (κ3) is 3.61. The van der Waals surface area contributed by atoms with E-state index in [1.807, 2.05) is 19.1 Å². The van der Waals surface area contributed by atoms with Crippen LogP contribution >= 0.6 is 11.8 Å². The minimum atomic E-state index is 0.0623. The van der Waals surface area contributed by atoms with Crippen molar-refractivity contribution in [3.63, 3.8) is 0 Å². The molecular weight excluding hydrogens is 270 g/mol. The molecule has 2 rings (SSSR count). The van der Waals surface area contributed by atoms with Crippen molar-refractivity contribution < 1.29 is 4.52 Å². The lowest BCUT2D eigenvalue weighted by molar-refractivity contribution is 0.337. The van der Waals surface area contributed by atoms with E-state index in [4.69, 9.17) is 10.3 Å². The first-order chi connectivity index (χ1) is 9.61. The summed E-state index contributed by atoms with van der Waals surface area (Å²) in [5, 5.41) is 4.04. The van der Waals surface area contributed by atoms with Crippen molar-refractivity contribution in [1.82, 2.24) is 10.1 Å². The third-order valence-electron chi connectivity index (χ3n) is 3.44. The third-order valence-corrected chi connectivity index (χ3v) is 4.61. The maximum Gasteiger partial charge on any atom is 0.231 e. The zero-order valence-electron chi connectivity index (χ0n) is 12.2. The molecule has 0 saturated carbocycles. The quantitative estimate of drug-likeness (QED) is 0.825. The van der Waals surface area contributed by atoms with Gasteiger partial charge in [-0.05, 0) is 25.0 Å². The van der Waals surface area contributed by atoms with Gasteiger partial charge in [-0.3, -0.25) is 0 Å². The van der Waals surface area contributed by atoms with E-state index < -0.39 is 0 Å². The van der Waals surface area contributed by atoms with E-state index in [1.165, 1.54) is 10.5 Å². The molecule has 4 nitrogen and oxygen atoms in total. The summed E-state index contributed by atoms with van der Waals surface area (Å²) in [5.41, 5.74) is 7.28. The molecule has 0 bridgehead atoms. The smallest absolute Gasteiger partial charge is 0.231 e. The molecule has 2 unspecified atom stereocenters. The summed E-state index contributed by atoms with van der Waals surface area (Å²) >= 11 is 1.72. The minimum Gasteiger partial charge on any atom is -0.339 e. The first-order valence-electron chi connectivity index (χ1n) is 6.88. The summed E-state index contributed by atoms with van der Waals surface area (Å²) in [6.45, 7) is 6.19. The molecular formula is C15H21N3OS. The van der Waals surface area contributed by atoms with Crippen LogP contribution in [0.3, 0.4) is 0 Å². The average molecular weight is 291 g/mol. The molecule has 0 radical (unpaired) electrons. The highest BCUT2D eigenvalue weighted by molar-refractivity contribution is 7.98. The normalized spacial score (nSPS) is 14.2. The van der Waals surface area contributed by atoms with E-state index in [9.17, 15) is 0 Å². The second-order valence-electron chi connectivity index (χ2n) is 4.96. The molecule has 20 heavy (non-hydrogen) atoms. The van der Waals surface area contributed by atoms with Crippen LogP contribution in [0.2, 0.25) is 0 Å². The molecule has 0 fully saturated rings. The van der Waals surface area contributed by atoms with Gasteiger partial charge in [0.05, 0.1) is 11.7 Å². The Kier molecular flexibility index (Phi) is 5.20. The van der Waals surface area contributed by atoms with Crippen LogP contribution in [0.15, 0.2) is 33.7 Å². The molecule has 0 amide bonds. The Balaban J connectivity index is 1.98. The summed E-state index contributed by atoms with van der Waals surface area (Å²) in [7, 11) is 0. The van der Waals surface area contributed by atoms with E-state index in [2.05, 4.69) is 36.1 Å². The fraction of sp³-hybridized carbons (Fsp3) is 0.467. The number of hydrogen-bond donors (Lipinski definition) is 1. The molecule has 0 saturated heterocycles. The molecule has 0 spiro atoms. The molecule has 0 aliphatic heterocycles. The molecule has 2 aromatic rings. The maximum atomic E-state index is 6.01. The summed E-state index contributed by atoms with van der Waals surface area (Å²) in [6, 6.07) is 8.36. The topological polar surface area (TPSA) is 64.9 Å². The van der Waals surface area contributed by atoms with Crippen LogP contribution in [0.1, 0.15) is 43.5 Å². The van der Waals surface area contributed by atoms with E-state index in [0.29, 0.717) is 11.6 Å². The number of aromatic nitrogens is 2. The van der Waals surface area contributed by atoms with Crippen LogP contribution < -0.4 is 5.73 Å². The SMILES string of the molecule is CCC(N)C(C)c1nc(CSc2ccccc2C)no1. The number of nitrogens with zero attached hydrogens (tertiary/aromatic N) is 2. The molecule has 108 valence electrons. The van der Waals surface area contributed by atoms with Crippen molar-refractivity contribution in [3.05, 3.63) is 41.5 Å². The van der Waals surface area contributed by atoms with Gasteiger partial charge in [0.2, 0.25) is 5.89 Å². The molecule has 1 aromatic carbocycles. The van der Waals surface area contributed by atoms with Gasteiger partial charge < -0.3 is 10.3 Å². The standard InChI is InChI=1S/C15H21N3OS/c1-4-12(16)11(3)15-17-14(18-19-15)9-20-13-8-6-5-7-10(13)2/h5-8,11-12H,4,9,16H2,1-3H3. The lowest BCUT2D eigenvalue weighted by Crippen LogP contribution is -2.25. The highest BCUT2D eigenvalue weighted by Crippen LogP contribution is 2.25. The molecule has 0 aliphatic carbocycles. The van der Waals surface area contributed by atoms with Gasteiger partial charge in [-0.2, -0.15) is 4.98 Å². The second kappa shape index (κ2) is 6.90. The highest BCUT2D eigenvalue weighted by atomic mass is 32.2. The zero-order valence-corrected chi connectivity index (χ0v) is 13.0. The van der Waals surface area contributed by atoms with E-state index in [0.717, 1.165) is 12.2 Å². The molecule has 1 aromatic heterocycles. The lowest BCUT2D eigenvalue weighted by Gasteiger charge is -2.13. The molecule has 5 heteroatoms. The fourth-order valence-electron chi connectivity index (χ4n) is 1.91. The Morgan fingerprint density at radius 3 is 2.80 bits per heavy atom. The highest BCUT2D eigenvalue weighted by Gasteiger charge is 2.19. The van der Waals surface area contributed by atoms with Gasteiger partial charge in [0.1, 0.15) is 0 Å². The Bertz CT molecular complexity index is 556. The van der Waals surface area contributed by atoms with E-state index in [-0.39, 0.29) is 12.0 Å². The van der Waals surface area contributed by atoms with Gasteiger partial charge in [0.25, 0.3) is 0 Å². The minimum absolute atomic E-state index is 0.0623. The van der Waals surface area contributed by atoms with E-state index in [1.54, 1.807) is 11.8 Å². The second-order valence-corrected chi connectivity index (χ2v) is 5.98. The first kappa shape index (κ1) is 15.1. The number of nitrogens with two attached hydrogens (primary N) is 1. The van der Waals surface area contributed by atoms with Crippen LogP contribution in [0.4, 0.5) is 0 Å². The maximum absolute atomic E-state index is 6.01. The summed E-state index contributed by atoms with van der Waals surface area (Å²) in [5.74, 6) is 2.18. The van der Waals surface area contributed by atoms with Crippen LogP contribution in [0.25, 0.3) is 0 Å². The Morgan fingerprint density at radius 2 is 2.10 bits per heavy atom.